The molecule has 170 valence electrons. The van der Waals surface area contributed by atoms with Crippen molar-refractivity contribution in [3.63, 3.8) is 0 Å². The van der Waals surface area contributed by atoms with Crippen LogP contribution < -0.4 is 4.90 Å². The van der Waals surface area contributed by atoms with Crippen molar-refractivity contribution in [2.75, 3.05) is 38.3 Å². The number of morpholine rings is 1. The van der Waals surface area contributed by atoms with Gasteiger partial charge in [-0.1, -0.05) is 13.3 Å². The number of hydrogen-bond donors (Lipinski definition) is 2. The predicted molar refractivity (Wildman–Crippen MR) is 125 cm³/mol. The SMILES string of the molecule is CC[C@H]1CCc2[nH]nc(-c3nc4cc(N(C)C(=O)[C@H](C)N5CCOCC5)ccc4[nH]3)c2C1. The zero-order valence-corrected chi connectivity index (χ0v) is 19.1. The highest BCUT2D eigenvalue weighted by Crippen LogP contribution is 2.33. The summed E-state index contributed by atoms with van der Waals surface area (Å²) in [5, 5.41) is 7.82. The first kappa shape index (κ1) is 21.2. The van der Waals surface area contributed by atoms with Crippen LogP contribution in [0.15, 0.2) is 18.2 Å². The van der Waals surface area contributed by atoms with Gasteiger partial charge in [-0.05, 0) is 50.3 Å². The predicted octanol–water partition coefficient (Wildman–Crippen LogP) is 3.15. The second-order valence-electron chi connectivity index (χ2n) is 9.05. The minimum Gasteiger partial charge on any atom is -0.379 e. The van der Waals surface area contributed by atoms with Crippen LogP contribution >= 0.6 is 0 Å². The average Bonchev–Trinajstić information content (AvgIpc) is 3.45. The minimum atomic E-state index is -0.184. The van der Waals surface area contributed by atoms with Gasteiger partial charge in [-0.25, -0.2) is 4.98 Å². The number of fused-ring (bicyclic) bond motifs is 2. The maximum absolute atomic E-state index is 13.1. The number of H-pyrrole nitrogens is 2. The van der Waals surface area contributed by atoms with Gasteiger partial charge in [0.25, 0.3) is 0 Å². The monoisotopic (exact) mass is 436 g/mol. The molecular weight excluding hydrogens is 404 g/mol. The first-order valence-corrected chi connectivity index (χ1v) is 11.7. The molecule has 1 fully saturated rings. The third-order valence-electron chi connectivity index (χ3n) is 7.19. The van der Waals surface area contributed by atoms with Crippen LogP contribution in [0.1, 0.15) is 37.9 Å². The molecule has 0 bridgehead atoms. The number of rotatable bonds is 5. The lowest BCUT2D eigenvalue weighted by Crippen LogP contribution is -2.50. The molecule has 0 unspecified atom stereocenters. The fourth-order valence-corrected chi connectivity index (χ4v) is 4.95. The van der Waals surface area contributed by atoms with Gasteiger partial charge in [-0.2, -0.15) is 5.10 Å². The summed E-state index contributed by atoms with van der Waals surface area (Å²) >= 11 is 0. The number of amides is 1. The third kappa shape index (κ3) is 3.82. The molecule has 0 saturated carbocycles. The lowest BCUT2D eigenvalue weighted by molar-refractivity contribution is -0.124. The van der Waals surface area contributed by atoms with Gasteiger partial charge >= 0.3 is 0 Å². The van der Waals surface area contributed by atoms with Crippen molar-refractivity contribution in [3.05, 3.63) is 29.5 Å². The number of benzene rings is 1. The largest absolute Gasteiger partial charge is 0.379 e. The summed E-state index contributed by atoms with van der Waals surface area (Å²) in [4.78, 5) is 25.3. The molecule has 2 atom stereocenters. The number of anilines is 1. The number of nitrogens with one attached hydrogen (secondary N) is 2. The summed E-state index contributed by atoms with van der Waals surface area (Å²) in [5.74, 6) is 1.58. The fourth-order valence-electron chi connectivity index (χ4n) is 4.95. The summed E-state index contributed by atoms with van der Waals surface area (Å²) in [6.45, 7) is 7.17. The number of ether oxygens (including phenoxy) is 1. The van der Waals surface area contributed by atoms with Gasteiger partial charge in [-0.15, -0.1) is 0 Å². The van der Waals surface area contributed by atoms with Crippen LogP contribution in [0.2, 0.25) is 0 Å². The number of hydrogen-bond acceptors (Lipinski definition) is 5. The lowest BCUT2D eigenvalue weighted by Gasteiger charge is -2.33. The Morgan fingerprint density at radius 1 is 1.34 bits per heavy atom. The van der Waals surface area contributed by atoms with E-state index >= 15 is 0 Å². The normalized spacial score (nSPS) is 20.3. The first-order valence-electron chi connectivity index (χ1n) is 11.7. The van der Waals surface area contributed by atoms with Gasteiger partial charge in [0, 0.05) is 37.1 Å². The Labute approximate surface area is 188 Å². The fraction of sp³-hybridized carbons (Fsp3) is 0.542. The topological polar surface area (TPSA) is 90.1 Å². The van der Waals surface area contributed by atoms with E-state index in [1.807, 2.05) is 32.2 Å². The van der Waals surface area contributed by atoms with Gasteiger partial charge in [0.15, 0.2) is 5.82 Å². The van der Waals surface area contributed by atoms with Gasteiger partial charge < -0.3 is 14.6 Å². The number of aromatic nitrogens is 4. The van der Waals surface area contributed by atoms with Gasteiger partial charge in [-0.3, -0.25) is 14.8 Å². The molecule has 32 heavy (non-hydrogen) atoms. The number of imidazole rings is 1. The second-order valence-corrected chi connectivity index (χ2v) is 9.05. The van der Waals surface area contributed by atoms with Crippen molar-refractivity contribution in [1.29, 1.82) is 0 Å². The molecule has 1 aliphatic heterocycles. The van der Waals surface area contributed by atoms with Crippen LogP contribution in [0.5, 0.6) is 0 Å². The first-order chi connectivity index (χ1) is 15.5. The molecule has 1 saturated heterocycles. The summed E-state index contributed by atoms with van der Waals surface area (Å²) in [7, 11) is 1.84. The molecule has 3 heterocycles. The van der Waals surface area contributed by atoms with Crippen molar-refractivity contribution < 1.29 is 9.53 Å². The van der Waals surface area contributed by atoms with E-state index in [9.17, 15) is 4.79 Å². The van der Waals surface area contributed by atoms with E-state index in [2.05, 4.69) is 27.0 Å². The van der Waals surface area contributed by atoms with Crippen LogP contribution in [0, 0.1) is 5.92 Å². The van der Waals surface area contributed by atoms with Crippen molar-refractivity contribution in [2.45, 2.75) is 45.6 Å². The Kier molecular flexibility index (Phi) is 5.73. The molecule has 2 aliphatic rings. The Hall–Kier alpha value is -2.71. The maximum atomic E-state index is 13.1. The zero-order chi connectivity index (χ0) is 22.2. The number of likely N-dealkylation sites (N-methyl/N-ethyl adjacent to an activating group) is 1. The number of nitrogens with zero attached hydrogens (tertiary/aromatic N) is 4. The van der Waals surface area contributed by atoms with E-state index in [-0.39, 0.29) is 11.9 Å². The second kappa shape index (κ2) is 8.67. The van der Waals surface area contributed by atoms with Gasteiger partial charge in [0.1, 0.15) is 5.69 Å². The number of aryl methyl sites for hydroxylation is 1. The molecular formula is C24H32N6O2. The van der Waals surface area contributed by atoms with E-state index in [0.29, 0.717) is 19.1 Å². The zero-order valence-electron chi connectivity index (χ0n) is 19.1. The van der Waals surface area contributed by atoms with Crippen LogP contribution in [-0.2, 0) is 22.4 Å². The van der Waals surface area contributed by atoms with E-state index in [1.54, 1.807) is 4.90 Å². The number of carbonyl (C=O) groups excluding carboxylic acids is 1. The Morgan fingerprint density at radius 2 is 2.16 bits per heavy atom. The summed E-state index contributed by atoms with van der Waals surface area (Å²) in [5.41, 5.74) is 6.11. The average molecular weight is 437 g/mol. The van der Waals surface area contributed by atoms with Crippen molar-refractivity contribution in [3.8, 4) is 11.5 Å². The molecule has 0 radical (unpaired) electrons. The van der Waals surface area contributed by atoms with Crippen molar-refractivity contribution in [1.82, 2.24) is 25.1 Å². The van der Waals surface area contributed by atoms with Crippen LogP contribution in [0.4, 0.5) is 5.69 Å². The number of carbonyl (C=O) groups is 1. The molecule has 2 N–H and O–H groups in total. The van der Waals surface area contributed by atoms with Crippen molar-refractivity contribution >= 4 is 22.6 Å². The highest BCUT2D eigenvalue weighted by atomic mass is 16.5. The van der Waals surface area contributed by atoms with Crippen LogP contribution in [0.3, 0.4) is 0 Å². The molecule has 1 aliphatic carbocycles. The Bertz CT molecular complexity index is 1110. The molecule has 1 aromatic carbocycles. The summed E-state index contributed by atoms with van der Waals surface area (Å²) < 4.78 is 5.42. The standard InChI is InChI=1S/C24H32N6O2/c1-4-16-5-7-19-18(13-16)22(28-27-19)23-25-20-8-6-17(14-21(20)26-23)29(3)24(31)15(2)30-9-11-32-12-10-30/h6,8,14-16H,4-5,7,9-13H2,1-3H3,(H,25,26)(H,27,28)/t15-,16-/m0/s1. The molecule has 1 amide bonds. The summed E-state index contributed by atoms with van der Waals surface area (Å²) in [6.07, 6.45) is 4.52. The summed E-state index contributed by atoms with van der Waals surface area (Å²) in [6, 6.07) is 5.77. The number of aromatic amines is 2. The highest BCUT2D eigenvalue weighted by Gasteiger charge is 2.27. The highest BCUT2D eigenvalue weighted by molar-refractivity contribution is 5.98. The Balaban J connectivity index is 1.39. The molecule has 5 rings (SSSR count). The van der Waals surface area contributed by atoms with E-state index < -0.39 is 0 Å². The van der Waals surface area contributed by atoms with E-state index in [1.165, 1.54) is 24.1 Å². The van der Waals surface area contributed by atoms with Crippen LogP contribution in [0.25, 0.3) is 22.6 Å². The quantitative estimate of drug-likeness (QED) is 0.641. The van der Waals surface area contributed by atoms with Crippen LogP contribution in [-0.4, -0.2) is 70.4 Å². The molecule has 8 nitrogen and oxygen atoms in total. The smallest absolute Gasteiger partial charge is 0.243 e. The Morgan fingerprint density at radius 3 is 2.94 bits per heavy atom. The maximum Gasteiger partial charge on any atom is 0.243 e. The van der Waals surface area contributed by atoms with Gasteiger partial charge in [0.2, 0.25) is 5.91 Å². The minimum absolute atomic E-state index is 0.0778. The van der Waals surface area contributed by atoms with E-state index in [4.69, 9.17) is 9.72 Å². The molecule has 3 aromatic rings. The molecule has 0 spiro atoms. The van der Waals surface area contributed by atoms with E-state index in [0.717, 1.165) is 54.2 Å². The van der Waals surface area contributed by atoms with Crippen molar-refractivity contribution in [2.24, 2.45) is 5.92 Å². The lowest BCUT2D eigenvalue weighted by atomic mass is 9.85. The molecule has 8 heteroatoms. The van der Waals surface area contributed by atoms with Gasteiger partial charge in [0.05, 0.1) is 30.3 Å². The molecule has 2 aromatic heterocycles. The third-order valence-corrected chi connectivity index (χ3v) is 7.19.